The zero-order valence-corrected chi connectivity index (χ0v) is 14.1. The van der Waals surface area contributed by atoms with Crippen LogP contribution in [0.5, 0.6) is 5.75 Å². The van der Waals surface area contributed by atoms with Gasteiger partial charge in [0.1, 0.15) is 5.75 Å². The lowest BCUT2D eigenvalue weighted by molar-refractivity contribution is 0.0944. The van der Waals surface area contributed by atoms with Crippen LogP contribution in [0.2, 0.25) is 0 Å². The summed E-state index contributed by atoms with van der Waals surface area (Å²) in [6, 6.07) is 5.42. The van der Waals surface area contributed by atoms with E-state index in [0.717, 1.165) is 17.4 Å². The number of carbonyl (C=O) groups excluding carboxylic acids is 1. The van der Waals surface area contributed by atoms with Crippen molar-refractivity contribution in [1.82, 2.24) is 5.32 Å². The van der Waals surface area contributed by atoms with Crippen LogP contribution in [-0.4, -0.2) is 19.6 Å². The normalized spacial score (nSPS) is 12.0. The number of benzene rings is 1. The molecule has 0 fully saturated rings. The second-order valence-corrected chi connectivity index (χ2v) is 5.83. The lowest BCUT2D eigenvalue weighted by atomic mass is 9.99. The van der Waals surface area contributed by atoms with Crippen LogP contribution in [0.3, 0.4) is 0 Å². The van der Waals surface area contributed by atoms with Gasteiger partial charge in [0.2, 0.25) is 0 Å². The Bertz CT molecular complexity index is 434. The molecule has 1 atom stereocenters. The predicted molar refractivity (Wildman–Crippen MR) is 86.3 cm³/mol. The van der Waals surface area contributed by atoms with E-state index < -0.39 is 0 Å². The first-order valence-corrected chi connectivity index (χ1v) is 8.03. The standard InChI is InChI=1S/C16H24BrNO2/c1-4-6-7-12(5-2)11-18-16(19)14-10-13(20-3)8-9-15(14)17/h8-10,12H,4-7,11H2,1-3H3,(H,18,19). The van der Waals surface area contributed by atoms with E-state index in [1.165, 1.54) is 19.3 Å². The molecule has 20 heavy (non-hydrogen) atoms. The highest BCUT2D eigenvalue weighted by Gasteiger charge is 2.13. The number of hydrogen-bond donors (Lipinski definition) is 1. The SMILES string of the molecule is CCCCC(CC)CNC(=O)c1cc(OC)ccc1Br. The maximum Gasteiger partial charge on any atom is 0.252 e. The maximum atomic E-state index is 12.2. The molecular formula is C16H24BrNO2. The van der Waals surface area contributed by atoms with E-state index in [2.05, 4.69) is 35.1 Å². The maximum absolute atomic E-state index is 12.2. The van der Waals surface area contributed by atoms with Crippen LogP contribution < -0.4 is 10.1 Å². The third-order valence-corrected chi connectivity index (χ3v) is 4.20. The summed E-state index contributed by atoms with van der Waals surface area (Å²) in [5.74, 6) is 1.20. The molecule has 0 radical (unpaired) electrons. The summed E-state index contributed by atoms with van der Waals surface area (Å²) in [5, 5.41) is 3.03. The Morgan fingerprint density at radius 1 is 1.40 bits per heavy atom. The number of nitrogens with one attached hydrogen (secondary N) is 1. The van der Waals surface area contributed by atoms with Gasteiger partial charge in [0.25, 0.3) is 5.91 Å². The molecule has 0 aliphatic rings. The highest BCUT2D eigenvalue weighted by Crippen LogP contribution is 2.22. The largest absolute Gasteiger partial charge is 0.497 e. The van der Waals surface area contributed by atoms with E-state index in [0.29, 0.717) is 17.2 Å². The number of ether oxygens (including phenoxy) is 1. The molecule has 1 unspecified atom stereocenters. The van der Waals surface area contributed by atoms with Gasteiger partial charge >= 0.3 is 0 Å². The summed E-state index contributed by atoms with van der Waals surface area (Å²) in [6.45, 7) is 5.10. The first kappa shape index (κ1) is 17.0. The fourth-order valence-electron chi connectivity index (χ4n) is 2.08. The number of unbranched alkanes of at least 4 members (excludes halogenated alkanes) is 1. The van der Waals surface area contributed by atoms with Gasteiger partial charge in [0.05, 0.1) is 12.7 Å². The molecule has 1 aromatic carbocycles. The summed E-state index contributed by atoms with van der Waals surface area (Å²) in [7, 11) is 1.60. The summed E-state index contributed by atoms with van der Waals surface area (Å²) in [4.78, 5) is 12.2. The predicted octanol–water partition coefficient (Wildman–Crippen LogP) is 4.40. The molecule has 0 saturated carbocycles. The van der Waals surface area contributed by atoms with Crippen molar-refractivity contribution in [3.05, 3.63) is 28.2 Å². The number of halogens is 1. The Kier molecular flexibility index (Phi) is 7.67. The van der Waals surface area contributed by atoms with Gasteiger partial charge in [-0.2, -0.15) is 0 Å². The summed E-state index contributed by atoms with van der Waals surface area (Å²) < 4.78 is 5.95. The van der Waals surface area contributed by atoms with Gasteiger partial charge in [0, 0.05) is 11.0 Å². The van der Waals surface area contributed by atoms with E-state index in [4.69, 9.17) is 4.74 Å². The minimum Gasteiger partial charge on any atom is -0.497 e. The van der Waals surface area contributed by atoms with Gasteiger partial charge < -0.3 is 10.1 Å². The molecule has 4 heteroatoms. The minimum atomic E-state index is -0.0503. The molecule has 0 bridgehead atoms. The molecule has 0 heterocycles. The van der Waals surface area contributed by atoms with Crippen molar-refractivity contribution in [2.75, 3.05) is 13.7 Å². The first-order valence-electron chi connectivity index (χ1n) is 7.24. The van der Waals surface area contributed by atoms with E-state index >= 15 is 0 Å². The number of rotatable bonds is 8. The van der Waals surface area contributed by atoms with Crippen LogP contribution in [-0.2, 0) is 0 Å². The molecule has 1 amide bonds. The van der Waals surface area contributed by atoms with E-state index in [-0.39, 0.29) is 5.91 Å². The second kappa shape index (κ2) is 9.01. The molecular weight excluding hydrogens is 318 g/mol. The van der Waals surface area contributed by atoms with Crippen molar-refractivity contribution in [2.45, 2.75) is 39.5 Å². The number of carbonyl (C=O) groups is 1. The third-order valence-electron chi connectivity index (χ3n) is 3.51. The van der Waals surface area contributed by atoms with E-state index in [1.807, 2.05) is 12.1 Å². The molecule has 0 spiro atoms. The van der Waals surface area contributed by atoms with Crippen molar-refractivity contribution in [3.8, 4) is 5.75 Å². The van der Waals surface area contributed by atoms with Crippen LogP contribution in [0.15, 0.2) is 22.7 Å². The Morgan fingerprint density at radius 2 is 2.15 bits per heavy atom. The molecule has 0 aliphatic carbocycles. The van der Waals surface area contributed by atoms with Gasteiger partial charge in [-0.05, 0) is 46.5 Å². The number of methoxy groups -OCH3 is 1. The van der Waals surface area contributed by atoms with E-state index in [1.54, 1.807) is 13.2 Å². The summed E-state index contributed by atoms with van der Waals surface area (Å²) in [5.41, 5.74) is 0.620. The average Bonchev–Trinajstić information content (AvgIpc) is 2.47. The topological polar surface area (TPSA) is 38.3 Å². The quantitative estimate of drug-likeness (QED) is 0.760. The van der Waals surface area contributed by atoms with Crippen molar-refractivity contribution in [3.63, 3.8) is 0 Å². The third kappa shape index (κ3) is 5.16. The van der Waals surface area contributed by atoms with Crippen LogP contribution in [0.25, 0.3) is 0 Å². The molecule has 0 aromatic heterocycles. The van der Waals surface area contributed by atoms with E-state index in [9.17, 15) is 4.79 Å². The van der Waals surface area contributed by atoms with Crippen LogP contribution in [0.1, 0.15) is 49.9 Å². The summed E-state index contributed by atoms with van der Waals surface area (Å²) >= 11 is 3.41. The van der Waals surface area contributed by atoms with Crippen LogP contribution in [0.4, 0.5) is 0 Å². The Balaban J connectivity index is 2.61. The minimum absolute atomic E-state index is 0.0503. The van der Waals surface area contributed by atoms with Gasteiger partial charge in [0.15, 0.2) is 0 Å². The van der Waals surface area contributed by atoms with Gasteiger partial charge in [-0.25, -0.2) is 0 Å². The summed E-state index contributed by atoms with van der Waals surface area (Å²) in [6.07, 6.45) is 4.69. The highest BCUT2D eigenvalue weighted by atomic mass is 79.9. The molecule has 0 aliphatic heterocycles. The number of amides is 1. The first-order chi connectivity index (χ1) is 9.62. The van der Waals surface area contributed by atoms with Gasteiger partial charge in [-0.15, -0.1) is 0 Å². The average molecular weight is 342 g/mol. The zero-order valence-electron chi connectivity index (χ0n) is 12.5. The van der Waals surface area contributed by atoms with Crippen LogP contribution in [0, 0.1) is 5.92 Å². The lowest BCUT2D eigenvalue weighted by Crippen LogP contribution is -2.29. The molecule has 1 N–H and O–H groups in total. The Hall–Kier alpha value is -1.03. The molecule has 1 rings (SSSR count). The van der Waals surface area contributed by atoms with Gasteiger partial charge in [-0.3, -0.25) is 4.79 Å². The van der Waals surface area contributed by atoms with Gasteiger partial charge in [-0.1, -0.05) is 33.1 Å². The van der Waals surface area contributed by atoms with Crippen molar-refractivity contribution in [1.29, 1.82) is 0 Å². The molecule has 0 saturated heterocycles. The zero-order chi connectivity index (χ0) is 15.0. The fraction of sp³-hybridized carbons (Fsp3) is 0.562. The Labute approximate surface area is 130 Å². The monoisotopic (exact) mass is 341 g/mol. The number of hydrogen-bond acceptors (Lipinski definition) is 2. The van der Waals surface area contributed by atoms with Crippen molar-refractivity contribution in [2.24, 2.45) is 5.92 Å². The van der Waals surface area contributed by atoms with Crippen LogP contribution >= 0.6 is 15.9 Å². The van der Waals surface area contributed by atoms with Crippen molar-refractivity contribution >= 4 is 21.8 Å². The van der Waals surface area contributed by atoms with Crippen molar-refractivity contribution < 1.29 is 9.53 Å². The molecule has 3 nitrogen and oxygen atoms in total. The second-order valence-electron chi connectivity index (χ2n) is 4.97. The highest BCUT2D eigenvalue weighted by molar-refractivity contribution is 9.10. The molecule has 1 aromatic rings. The lowest BCUT2D eigenvalue weighted by Gasteiger charge is -2.16. The smallest absolute Gasteiger partial charge is 0.252 e. The fourth-order valence-corrected chi connectivity index (χ4v) is 2.51. The Morgan fingerprint density at radius 3 is 2.75 bits per heavy atom. The molecule has 112 valence electrons.